The maximum Gasteiger partial charge on any atom is 0.266 e. The van der Waals surface area contributed by atoms with Gasteiger partial charge in [-0.3, -0.25) is 0 Å². The monoisotopic (exact) mass is 466 g/mol. The third-order valence-corrected chi connectivity index (χ3v) is 9.48. The van der Waals surface area contributed by atoms with Gasteiger partial charge in [-0.25, -0.2) is 0 Å². The van der Waals surface area contributed by atoms with Crippen molar-refractivity contribution in [1.82, 2.24) is 0 Å². The fourth-order valence-electron chi connectivity index (χ4n) is 6.55. The Morgan fingerprint density at radius 3 is 1.38 bits per heavy atom. The second kappa shape index (κ2) is 10.8. The lowest BCUT2D eigenvalue weighted by Gasteiger charge is -2.32. The molecular weight excluding hydrogens is 422 g/mol. The third kappa shape index (κ3) is 5.16. The van der Waals surface area contributed by atoms with Crippen LogP contribution in [0.5, 0.6) is 0 Å². The third-order valence-electron chi connectivity index (χ3n) is 9.48. The summed E-state index contributed by atoms with van der Waals surface area (Å²) in [5, 5.41) is 0. The van der Waals surface area contributed by atoms with Crippen molar-refractivity contribution >= 4 is 0 Å². The second-order valence-corrected chi connectivity index (χ2v) is 10.9. The molecule has 3 rings (SSSR count). The van der Waals surface area contributed by atoms with E-state index in [2.05, 4.69) is 62.3 Å². The van der Waals surface area contributed by atoms with Crippen LogP contribution >= 0.6 is 0 Å². The smallest absolute Gasteiger partial charge is 0.174 e. The van der Waals surface area contributed by atoms with Crippen molar-refractivity contribution in [2.75, 3.05) is 0 Å². The Kier molecular flexibility index (Phi) is 8.43. The Morgan fingerprint density at radius 1 is 0.588 bits per heavy atom. The van der Waals surface area contributed by atoms with Crippen LogP contribution in [0.1, 0.15) is 105 Å². The molecule has 0 radical (unpaired) electrons. The van der Waals surface area contributed by atoms with Crippen LogP contribution in [-0.4, -0.2) is 0 Å². The fourth-order valence-corrected chi connectivity index (χ4v) is 6.55. The summed E-state index contributed by atoms with van der Waals surface area (Å²) >= 11 is 0. The van der Waals surface area contributed by atoms with E-state index in [4.69, 9.17) is 0 Å². The number of hydrogen-bond acceptors (Lipinski definition) is 0. The van der Waals surface area contributed by atoms with E-state index in [-0.39, 0.29) is 0 Å². The molecule has 2 heteroatoms. The van der Waals surface area contributed by atoms with Crippen molar-refractivity contribution in [2.45, 2.75) is 113 Å². The van der Waals surface area contributed by atoms with E-state index in [1.165, 1.54) is 61.2 Å². The van der Waals surface area contributed by atoms with Crippen LogP contribution in [0.4, 0.5) is 8.78 Å². The highest BCUT2D eigenvalue weighted by atomic mass is 19.3. The van der Waals surface area contributed by atoms with Crippen LogP contribution in [0, 0.1) is 68.2 Å². The van der Waals surface area contributed by atoms with Crippen LogP contribution in [0.25, 0.3) is 0 Å². The molecule has 0 bridgehead atoms. The normalized spacial score (nSPS) is 18.3. The molecule has 0 amide bonds. The Bertz CT molecular complexity index is 1030. The molecule has 34 heavy (non-hydrogen) atoms. The van der Waals surface area contributed by atoms with Gasteiger partial charge in [-0.15, -0.1) is 0 Å². The molecule has 1 fully saturated rings. The van der Waals surface area contributed by atoms with Crippen LogP contribution in [0.3, 0.4) is 0 Å². The topological polar surface area (TPSA) is 0 Å². The van der Waals surface area contributed by atoms with Crippen LogP contribution in [-0.2, 0) is 12.8 Å². The molecule has 2 aromatic carbocycles. The summed E-state index contributed by atoms with van der Waals surface area (Å²) in [5.74, 6) is 0.974. The summed E-state index contributed by atoms with van der Waals surface area (Å²) in [6.07, 6.45) is 6.62. The Hall–Kier alpha value is -1.96. The lowest BCUT2D eigenvalue weighted by molar-refractivity contribution is 0.321. The molecule has 0 N–H and O–H groups in total. The van der Waals surface area contributed by atoms with Gasteiger partial charge < -0.3 is 0 Å². The summed E-state index contributed by atoms with van der Waals surface area (Å²) in [4.78, 5) is 0. The molecule has 1 saturated carbocycles. The molecule has 186 valence electrons. The van der Waals surface area contributed by atoms with E-state index >= 15 is 0 Å². The first-order valence-electron chi connectivity index (χ1n) is 13.1. The minimum atomic E-state index is -1.53. The highest BCUT2D eigenvalue weighted by molar-refractivity contribution is 5.53. The minimum Gasteiger partial charge on any atom is -0.174 e. The van der Waals surface area contributed by atoms with Gasteiger partial charge in [-0.1, -0.05) is 0 Å². The number of benzene rings is 2. The van der Waals surface area contributed by atoms with Gasteiger partial charge in [0.25, 0.3) is 6.08 Å². The molecule has 2 aromatic rings. The quantitative estimate of drug-likeness (QED) is 0.397. The van der Waals surface area contributed by atoms with E-state index < -0.39 is 6.08 Å². The number of rotatable bonds is 6. The molecule has 0 nitrogen and oxygen atoms in total. The number of hydrogen-bond donors (Lipinski definition) is 0. The molecule has 0 unspecified atom stereocenters. The summed E-state index contributed by atoms with van der Waals surface area (Å²) in [5.41, 5.74) is 17.6. The van der Waals surface area contributed by atoms with Gasteiger partial charge in [-0.2, -0.15) is 8.78 Å². The highest BCUT2D eigenvalue weighted by Crippen LogP contribution is 2.42. The van der Waals surface area contributed by atoms with E-state index in [9.17, 15) is 8.78 Å². The van der Waals surface area contributed by atoms with Crippen molar-refractivity contribution in [2.24, 2.45) is 5.92 Å². The van der Waals surface area contributed by atoms with Gasteiger partial charge in [0.1, 0.15) is 0 Å². The minimum absolute atomic E-state index is 0.410. The molecule has 0 heterocycles. The predicted octanol–water partition coefficient (Wildman–Crippen LogP) is 9.69. The average molecular weight is 467 g/mol. The van der Waals surface area contributed by atoms with Gasteiger partial charge in [0.15, 0.2) is 0 Å². The molecule has 0 aromatic heterocycles. The summed E-state index contributed by atoms with van der Waals surface area (Å²) in [7, 11) is 0. The Balaban J connectivity index is 1.85. The van der Waals surface area contributed by atoms with E-state index in [1.54, 1.807) is 5.56 Å². The van der Waals surface area contributed by atoms with Crippen LogP contribution < -0.4 is 0 Å². The van der Waals surface area contributed by atoms with Gasteiger partial charge in [-0.05, 0) is 192 Å². The molecular formula is C32H44F2. The lowest BCUT2D eigenvalue weighted by atomic mass is 9.73. The van der Waals surface area contributed by atoms with Gasteiger partial charge in [0, 0.05) is 0 Å². The van der Waals surface area contributed by atoms with Gasteiger partial charge in [0.05, 0.1) is 0 Å². The van der Waals surface area contributed by atoms with Crippen molar-refractivity contribution in [3.63, 3.8) is 0 Å². The van der Waals surface area contributed by atoms with E-state index in [0.717, 1.165) is 44.6 Å². The zero-order valence-electron chi connectivity index (χ0n) is 22.9. The maximum atomic E-state index is 12.5. The Morgan fingerprint density at radius 2 is 0.971 bits per heavy atom. The zero-order valence-corrected chi connectivity index (χ0v) is 22.9. The predicted molar refractivity (Wildman–Crippen MR) is 143 cm³/mol. The van der Waals surface area contributed by atoms with Gasteiger partial charge in [0.2, 0.25) is 0 Å². The van der Waals surface area contributed by atoms with Crippen molar-refractivity contribution in [3.05, 3.63) is 78.9 Å². The highest BCUT2D eigenvalue weighted by Gasteiger charge is 2.26. The second-order valence-electron chi connectivity index (χ2n) is 10.9. The number of halogens is 2. The summed E-state index contributed by atoms with van der Waals surface area (Å²) in [6, 6.07) is 0. The fraction of sp³-hybridized carbons (Fsp3) is 0.562. The van der Waals surface area contributed by atoms with E-state index in [1.807, 2.05) is 0 Å². The average Bonchev–Trinajstić information content (AvgIpc) is 2.81. The Labute approximate surface area is 206 Å². The SMILES string of the molecule is Cc1c(C)c(C)c(CCc2c(C)c(C)c(C3CCC(CC=C(F)F)CC3)c(C)c2C)c(C)c1C. The van der Waals surface area contributed by atoms with Crippen molar-refractivity contribution < 1.29 is 8.78 Å². The summed E-state index contributed by atoms with van der Waals surface area (Å²) in [6.45, 7) is 20.6. The maximum absolute atomic E-state index is 12.5. The van der Waals surface area contributed by atoms with Crippen LogP contribution in [0.2, 0.25) is 0 Å². The first-order valence-corrected chi connectivity index (χ1v) is 13.1. The molecule has 1 aliphatic carbocycles. The standard InChI is InChI=1S/C32H44F2/c1-18-19(2)21(4)29(22(5)20(18)3)15-16-30-23(6)25(8)32(26(9)24(30)7)28-13-10-27(11-14-28)12-17-31(33)34/h17,27-28H,10-16H2,1-9H3. The molecule has 0 saturated heterocycles. The van der Waals surface area contributed by atoms with Crippen LogP contribution in [0.15, 0.2) is 12.2 Å². The van der Waals surface area contributed by atoms with E-state index in [0.29, 0.717) is 18.3 Å². The molecule has 0 atom stereocenters. The first kappa shape index (κ1) is 26.6. The largest absolute Gasteiger partial charge is 0.266 e. The van der Waals surface area contributed by atoms with Gasteiger partial charge >= 0.3 is 0 Å². The molecule has 1 aliphatic rings. The van der Waals surface area contributed by atoms with Crippen molar-refractivity contribution in [1.29, 1.82) is 0 Å². The zero-order chi connectivity index (χ0) is 25.3. The molecule has 0 aliphatic heterocycles. The lowest BCUT2D eigenvalue weighted by Crippen LogP contribution is -2.17. The number of allylic oxidation sites excluding steroid dienone is 1. The first-order chi connectivity index (χ1) is 16.0. The van der Waals surface area contributed by atoms with Crippen molar-refractivity contribution in [3.8, 4) is 0 Å². The summed E-state index contributed by atoms with van der Waals surface area (Å²) < 4.78 is 25.0. The molecule has 0 spiro atoms.